The number of benzene rings is 2. The first-order chi connectivity index (χ1) is 42.0. The van der Waals surface area contributed by atoms with Gasteiger partial charge in [-0.05, 0) is 87.3 Å². The van der Waals surface area contributed by atoms with Crippen molar-refractivity contribution in [1.29, 1.82) is 0 Å². The number of phenols is 2. The Bertz CT molecular complexity index is 2800. The molecule has 0 aliphatic rings. The zero-order chi connectivity index (χ0) is 66.9. The van der Waals surface area contributed by atoms with Gasteiger partial charge in [0.15, 0.2) is 11.7 Å². The molecule has 490 valence electrons. The SMILES string of the molecule is C=CCOC(=O)CCC(CC(=O)C(N)CCCN=C(N)N)C(=O)CC(CCC(N)=O)C(=O)CC(CCC(N)=O)C(=O)CC(Cc1ccc(O)cc1)C(=O)NC(CC(=O)NC)C(=O)CC(CO)C(=O)CC(C(=O)CC(Cc1ccc(O)cc1)C(=O)OC)C(C)O. The predicted octanol–water partition coefficient (Wildman–Crippen LogP) is 0.499. The van der Waals surface area contributed by atoms with Crippen LogP contribution in [0.2, 0.25) is 0 Å². The summed E-state index contributed by atoms with van der Waals surface area (Å²) in [5.41, 5.74) is 28.9. The fourth-order valence-electron chi connectivity index (χ4n) is 9.90. The minimum Gasteiger partial charge on any atom is -0.508 e. The van der Waals surface area contributed by atoms with Crippen LogP contribution in [-0.2, 0) is 84.6 Å². The number of ketones is 7. The van der Waals surface area contributed by atoms with Crippen LogP contribution in [0.25, 0.3) is 0 Å². The van der Waals surface area contributed by atoms with Crippen molar-refractivity contribution in [2.45, 2.75) is 141 Å². The van der Waals surface area contributed by atoms with Gasteiger partial charge in [0.05, 0.1) is 50.2 Å². The van der Waals surface area contributed by atoms with E-state index in [9.17, 15) is 82.8 Å². The maximum atomic E-state index is 14.6. The number of rotatable bonds is 47. The average Bonchev–Trinajstić information content (AvgIpc) is 3.63. The van der Waals surface area contributed by atoms with Gasteiger partial charge in [-0.25, -0.2) is 0 Å². The van der Waals surface area contributed by atoms with Gasteiger partial charge in [0.25, 0.3) is 0 Å². The number of aliphatic imine (C=N–C) groups is 1. The third kappa shape index (κ3) is 29.3. The molecule has 0 aromatic heterocycles. The number of methoxy groups -OCH3 is 1. The smallest absolute Gasteiger partial charge is 0.309 e. The maximum Gasteiger partial charge on any atom is 0.309 e. The summed E-state index contributed by atoms with van der Waals surface area (Å²) in [6.45, 7) is 3.78. The summed E-state index contributed by atoms with van der Waals surface area (Å²) in [4.78, 5) is 180. The van der Waals surface area contributed by atoms with E-state index in [4.69, 9.17) is 38.1 Å². The molecule has 0 saturated heterocycles. The summed E-state index contributed by atoms with van der Waals surface area (Å²) in [5.74, 6) is -20.0. The lowest BCUT2D eigenvalue weighted by Gasteiger charge is -2.25. The van der Waals surface area contributed by atoms with Crippen LogP contribution >= 0.6 is 0 Å². The average molecular weight is 1250 g/mol. The molecule has 0 aliphatic carbocycles. The number of carbonyl (C=O) groups is 13. The van der Waals surface area contributed by atoms with E-state index in [2.05, 4.69) is 22.2 Å². The molecule has 0 bridgehead atoms. The summed E-state index contributed by atoms with van der Waals surface area (Å²) < 4.78 is 9.96. The first-order valence-electron chi connectivity index (χ1n) is 29.3. The molecular formula is C62H88N8O19. The molecule has 89 heavy (non-hydrogen) atoms. The summed E-state index contributed by atoms with van der Waals surface area (Å²) in [6, 6.07) is 8.49. The van der Waals surface area contributed by atoms with Crippen LogP contribution in [0.15, 0.2) is 66.2 Å². The van der Waals surface area contributed by atoms with Crippen molar-refractivity contribution in [3.8, 4) is 11.5 Å². The summed E-state index contributed by atoms with van der Waals surface area (Å²) in [7, 11) is 2.36. The minimum absolute atomic E-state index is 0.00880. The van der Waals surface area contributed by atoms with E-state index in [-0.39, 0.29) is 75.6 Å². The second-order valence-corrected chi connectivity index (χ2v) is 22.2. The molecule has 0 saturated carbocycles. The summed E-state index contributed by atoms with van der Waals surface area (Å²) >= 11 is 0. The molecule has 2 aromatic rings. The fraction of sp³-hybridized carbons (Fsp3) is 0.548. The van der Waals surface area contributed by atoms with Crippen LogP contribution in [0.3, 0.4) is 0 Å². The number of Topliss-reactive ketones (excluding diaryl/α,β-unsaturated/α-hetero) is 7. The van der Waals surface area contributed by atoms with E-state index in [0.29, 0.717) is 17.5 Å². The minimum atomic E-state index is -1.73. The molecule has 0 fully saturated rings. The number of guanidine groups is 1. The fourth-order valence-corrected chi connectivity index (χ4v) is 9.90. The van der Waals surface area contributed by atoms with Crippen molar-refractivity contribution in [2.75, 3.05) is 33.9 Å². The molecule has 10 atom stereocenters. The second-order valence-electron chi connectivity index (χ2n) is 22.2. The van der Waals surface area contributed by atoms with E-state index in [1.165, 1.54) is 68.6 Å². The molecule has 0 spiro atoms. The number of esters is 2. The van der Waals surface area contributed by atoms with E-state index >= 15 is 0 Å². The number of amides is 4. The van der Waals surface area contributed by atoms with Crippen molar-refractivity contribution >= 4 is 82.0 Å². The van der Waals surface area contributed by atoms with Crippen molar-refractivity contribution in [3.63, 3.8) is 0 Å². The lowest BCUT2D eigenvalue weighted by atomic mass is 9.79. The maximum absolute atomic E-state index is 14.6. The van der Waals surface area contributed by atoms with Gasteiger partial charge < -0.3 is 69.2 Å². The highest BCUT2D eigenvalue weighted by Crippen LogP contribution is 2.29. The largest absolute Gasteiger partial charge is 0.508 e. The van der Waals surface area contributed by atoms with Gasteiger partial charge in [-0.15, -0.1) is 0 Å². The number of hydrogen-bond acceptors (Lipinski definition) is 21. The molecule has 27 nitrogen and oxygen atoms in total. The third-order valence-corrected chi connectivity index (χ3v) is 15.2. The lowest BCUT2D eigenvalue weighted by molar-refractivity contribution is -0.148. The zero-order valence-electron chi connectivity index (χ0n) is 50.8. The highest BCUT2D eigenvalue weighted by atomic mass is 16.5. The number of hydrogen-bond donors (Lipinski definition) is 11. The molecule has 10 unspecified atom stereocenters. The number of nitrogens with zero attached hydrogens (tertiary/aromatic N) is 1. The number of carbonyl (C=O) groups excluding carboxylic acids is 13. The molecule has 4 amide bonds. The van der Waals surface area contributed by atoms with Crippen LogP contribution in [-0.4, -0.2) is 155 Å². The van der Waals surface area contributed by atoms with Crippen molar-refractivity contribution in [2.24, 2.45) is 75.1 Å². The van der Waals surface area contributed by atoms with Crippen LogP contribution in [0, 0.1) is 41.4 Å². The highest BCUT2D eigenvalue weighted by molar-refractivity contribution is 5.99. The Kier molecular flexibility index (Phi) is 34.5. The molecule has 2 rings (SSSR count). The topological polar surface area (TPSA) is 488 Å². The van der Waals surface area contributed by atoms with Crippen molar-refractivity contribution in [1.82, 2.24) is 10.6 Å². The molecule has 27 heteroatoms. The second kappa shape index (κ2) is 40.1. The Morgan fingerprint density at radius 2 is 1.04 bits per heavy atom. The first-order valence-corrected chi connectivity index (χ1v) is 29.3. The Hall–Kier alpha value is -8.56. The Labute approximate surface area is 516 Å². The number of primary amides is 2. The number of aliphatic hydroxyl groups excluding tert-OH is 2. The zero-order valence-corrected chi connectivity index (χ0v) is 50.8. The van der Waals surface area contributed by atoms with E-state index < -0.39 is 206 Å². The van der Waals surface area contributed by atoms with E-state index in [0.717, 1.165) is 7.11 Å². The molecule has 2 aromatic carbocycles. The van der Waals surface area contributed by atoms with Crippen LogP contribution in [0.1, 0.15) is 121 Å². The number of nitrogens with one attached hydrogen (secondary N) is 2. The number of ether oxygens (including phenoxy) is 2. The number of aromatic hydroxyl groups is 2. The van der Waals surface area contributed by atoms with Gasteiger partial charge in [0.2, 0.25) is 23.6 Å². The Morgan fingerprint density at radius 3 is 1.49 bits per heavy atom. The molecule has 0 heterocycles. The van der Waals surface area contributed by atoms with Crippen LogP contribution in [0.4, 0.5) is 0 Å². The van der Waals surface area contributed by atoms with Gasteiger partial charge in [-0.2, -0.15) is 0 Å². The summed E-state index contributed by atoms with van der Waals surface area (Å²) in [6.07, 6.45) is -7.19. The Morgan fingerprint density at radius 1 is 0.596 bits per heavy atom. The summed E-state index contributed by atoms with van der Waals surface area (Å²) in [5, 5.41) is 45.8. The predicted molar refractivity (Wildman–Crippen MR) is 322 cm³/mol. The standard InChI is InChI=1S/C62H88N8O19/c1-5-23-89-59(85)21-14-40(28-54(80)47(63)7-6-22-69-62(66)67)50(76)26-38(12-19-56(64)82)49(75)27-39(13-20-57(65)83)51(77)29-41(24-36-8-15-44(73)16-9-36)60(86)70-48(33-58(84)68-3)55(81)31-43(34-71)52(78)32-46(35(2)72)53(79)30-42(61(87)88-4)25-37-10-17-45(74)18-11-37/h5,8-11,15-18,35,38-43,46-48,71-74H,1,6-7,12-14,19-34,63H2,2-4H3,(H2,64,82)(H2,65,83)(H,68,84)(H,70,86)(H4,66,67,69). The number of aliphatic hydroxyl groups is 2. The molecule has 16 N–H and O–H groups in total. The third-order valence-electron chi connectivity index (χ3n) is 15.2. The van der Waals surface area contributed by atoms with Gasteiger partial charge in [-0.3, -0.25) is 67.3 Å². The first kappa shape index (κ1) is 76.5. The van der Waals surface area contributed by atoms with Crippen LogP contribution in [0.5, 0.6) is 11.5 Å². The van der Waals surface area contributed by atoms with Gasteiger partial charge in [-0.1, -0.05) is 36.9 Å². The van der Waals surface area contributed by atoms with Gasteiger partial charge in [0, 0.05) is 107 Å². The lowest BCUT2D eigenvalue weighted by Crippen LogP contribution is -2.48. The Balaban J connectivity index is 2.53. The van der Waals surface area contributed by atoms with Crippen LogP contribution < -0.4 is 39.3 Å². The number of phenolic OH excluding ortho intramolecular Hbond substituents is 2. The van der Waals surface area contributed by atoms with Crippen molar-refractivity contribution < 1.29 is 92.2 Å². The highest BCUT2D eigenvalue weighted by Gasteiger charge is 2.38. The molecule has 0 radical (unpaired) electrons. The number of nitrogens with two attached hydrogens (primary N) is 5. The quantitative estimate of drug-likeness (QED) is 0.0141. The molecular weight excluding hydrogens is 1160 g/mol. The normalized spacial score (nSPS) is 14.4. The van der Waals surface area contributed by atoms with E-state index in [1.807, 2.05) is 0 Å². The van der Waals surface area contributed by atoms with Gasteiger partial charge in [0.1, 0.15) is 52.8 Å². The van der Waals surface area contributed by atoms with Gasteiger partial charge >= 0.3 is 11.9 Å². The molecule has 0 aliphatic heterocycles. The van der Waals surface area contributed by atoms with Crippen molar-refractivity contribution in [3.05, 3.63) is 72.3 Å². The van der Waals surface area contributed by atoms with E-state index in [1.54, 1.807) is 0 Å². The monoisotopic (exact) mass is 1250 g/mol.